The molecule has 0 saturated heterocycles. The molecule has 2 heterocycles. The molecule has 0 unspecified atom stereocenters. The number of aryl methyl sites for hydroxylation is 1. The molecule has 0 bridgehead atoms. The summed E-state index contributed by atoms with van der Waals surface area (Å²) >= 11 is 0. The van der Waals surface area contributed by atoms with Crippen LogP contribution in [0.1, 0.15) is 36.1 Å². The van der Waals surface area contributed by atoms with E-state index in [1.54, 1.807) is 12.1 Å². The maximum absolute atomic E-state index is 13.1. The van der Waals surface area contributed by atoms with Crippen LogP contribution in [0.5, 0.6) is 5.75 Å². The average molecular weight is 338 g/mol. The number of halogens is 1. The van der Waals surface area contributed by atoms with Gasteiger partial charge in [0.05, 0.1) is 5.52 Å². The molecule has 0 radical (unpaired) electrons. The van der Waals surface area contributed by atoms with Crippen molar-refractivity contribution >= 4 is 11.0 Å². The molecule has 3 nitrogen and oxygen atoms in total. The maximum atomic E-state index is 13.1. The quantitative estimate of drug-likeness (QED) is 0.641. The molecule has 1 aromatic carbocycles. The fourth-order valence-corrected chi connectivity index (χ4v) is 3.53. The molecule has 1 saturated carbocycles. The minimum absolute atomic E-state index is 0.226. The smallest absolute Gasteiger partial charge is 0.147 e. The van der Waals surface area contributed by atoms with E-state index >= 15 is 0 Å². The Balaban J connectivity index is 1.67. The molecule has 0 N–H and O–H groups in total. The molecule has 1 aliphatic rings. The standard InChI is InChI=1S/C21H23FN2O/c1-14-15(2)24(12-16-4-3-5-16)21-19(10-11-23-20(14)21)25-13-17-6-8-18(22)9-7-17/h6-11,16H,3-5,12-13H2,1-2H3. The van der Waals surface area contributed by atoms with Gasteiger partial charge in [0.15, 0.2) is 0 Å². The highest BCUT2D eigenvalue weighted by Crippen LogP contribution is 2.35. The summed E-state index contributed by atoms with van der Waals surface area (Å²) in [5.41, 5.74) is 5.56. The Kier molecular flexibility index (Phi) is 4.20. The van der Waals surface area contributed by atoms with E-state index in [0.717, 1.165) is 34.8 Å². The van der Waals surface area contributed by atoms with E-state index in [1.165, 1.54) is 42.7 Å². The van der Waals surface area contributed by atoms with Gasteiger partial charge in [0.1, 0.15) is 23.7 Å². The molecule has 0 amide bonds. The van der Waals surface area contributed by atoms with Crippen LogP contribution in [0.2, 0.25) is 0 Å². The van der Waals surface area contributed by atoms with Crippen molar-refractivity contribution in [1.82, 2.24) is 9.55 Å². The number of rotatable bonds is 5. The Morgan fingerprint density at radius 2 is 1.92 bits per heavy atom. The summed E-state index contributed by atoms with van der Waals surface area (Å²) in [5, 5.41) is 0. The lowest BCUT2D eigenvalue weighted by Crippen LogP contribution is -2.18. The summed E-state index contributed by atoms with van der Waals surface area (Å²) < 4.78 is 21.5. The van der Waals surface area contributed by atoms with Gasteiger partial charge >= 0.3 is 0 Å². The minimum Gasteiger partial charge on any atom is -0.487 e. The van der Waals surface area contributed by atoms with E-state index in [-0.39, 0.29) is 5.82 Å². The molecular weight excluding hydrogens is 315 g/mol. The highest BCUT2D eigenvalue weighted by Gasteiger charge is 2.22. The molecule has 2 aromatic heterocycles. The van der Waals surface area contributed by atoms with Crippen molar-refractivity contribution in [2.24, 2.45) is 5.92 Å². The van der Waals surface area contributed by atoms with Gasteiger partial charge in [-0.2, -0.15) is 0 Å². The first-order valence-electron chi connectivity index (χ1n) is 8.95. The summed E-state index contributed by atoms with van der Waals surface area (Å²) in [6.07, 6.45) is 5.77. The molecular formula is C21H23FN2O. The summed E-state index contributed by atoms with van der Waals surface area (Å²) in [4.78, 5) is 4.59. The van der Waals surface area contributed by atoms with Gasteiger partial charge in [-0.1, -0.05) is 18.6 Å². The fourth-order valence-electron chi connectivity index (χ4n) is 3.53. The van der Waals surface area contributed by atoms with Crippen molar-refractivity contribution in [3.05, 3.63) is 59.2 Å². The third-order valence-electron chi connectivity index (χ3n) is 5.43. The van der Waals surface area contributed by atoms with E-state index < -0.39 is 0 Å². The summed E-state index contributed by atoms with van der Waals surface area (Å²) in [6.45, 7) is 5.76. The Morgan fingerprint density at radius 1 is 1.16 bits per heavy atom. The monoisotopic (exact) mass is 338 g/mol. The number of pyridine rings is 1. The Hall–Kier alpha value is -2.36. The van der Waals surface area contributed by atoms with E-state index in [9.17, 15) is 4.39 Å². The predicted octanol–water partition coefficient (Wildman–Crippen LogP) is 5.17. The predicted molar refractivity (Wildman–Crippen MR) is 97.3 cm³/mol. The largest absolute Gasteiger partial charge is 0.487 e. The number of aromatic nitrogens is 2. The highest BCUT2D eigenvalue weighted by molar-refractivity contribution is 5.86. The van der Waals surface area contributed by atoms with Crippen LogP contribution in [0.15, 0.2) is 36.5 Å². The first kappa shape index (κ1) is 16.1. The third-order valence-corrected chi connectivity index (χ3v) is 5.43. The van der Waals surface area contributed by atoms with Crippen molar-refractivity contribution in [2.75, 3.05) is 0 Å². The van der Waals surface area contributed by atoms with Crippen molar-refractivity contribution in [3.8, 4) is 5.75 Å². The lowest BCUT2D eigenvalue weighted by Gasteiger charge is -2.27. The van der Waals surface area contributed by atoms with E-state index in [0.29, 0.717) is 6.61 Å². The van der Waals surface area contributed by atoms with Crippen LogP contribution < -0.4 is 4.74 Å². The zero-order valence-electron chi connectivity index (χ0n) is 14.8. The highest BCUT2D eigenvalue weighted by atomic mass is 19.1. The van der Waals surface area contributed by atoms with Crippen LogP contribution >= 0.6 is 0 Å². The summed E-state index contributed by atoms with van der Waals surface area (Å²) in [6, 6.07) is 8.39. The molecule has 4 rings (SSSR count). The zero-order valence-corrected chi connectivity index (χ0v) is 14.8. The number of fused-ring (bicyclic) bond motifs is 1. The van der Waals surface area contributed by atoms with Gasteiger partial charge in [-0.3, -0.25) is 4.98 Å². The molecule has 1 aliphatic carbocycles. The molecule has 0 spiro atoms. The number of ether oxygens (including phenoxy) is 1. The van der Waals surface area contributed by atoms with Crippen molar-refractivity contribution in [3.63, 3.8) is 0 Å². The second-order valence-electron chi connectivity index (χ2n) is 7.04. The summed E-state index contributed by atoms with van der Waals surface area (Å²) in [5.74, 6) is 1.39. The maximum Gasteiger partial charge on any atom is 0.147 e. The van der Waals surface area contributed by atoms with Gasteiger partial charge in [-0.25, -0.2) is 4.39 Å². The zero-order chi connectivity index (χ0) is 17.4. The number of hydrogen-bond acceptors (Lipinski definition) is 2. The van der Waals surface area contributed by atoms with E-state index in [2.05, 4.69) is 23.4 Å². The van der Waals surface area contributed by atoms with Crippen molar-refractivity contribution in [1.29, 1.82) is 0 Å². The molecule has 1 fully saturated rings. The van der Waals surface area contributed by atoms with Crippen molar-refractivity contribution < 1.29 is 9.13 Å². The molecule has 25 heavy (non-hydrogen) atoms. The van der Waals surface area contributed by atoms with Gasteiger partial charge in [0.2, 0.25) is 0 Å². The SMILES string of the molecule is Cc1c(C)n(CC2CCC2)c2c(OCc3ccc(F)cc3)ccnc12. The topological polar surface area (TPSA) is 27.1 Å². The summed E-state index contributed by atoms with van der Waals surface area (Å²) in [7, 11) is 0. The molecule has 4 heteroatoms. The fraction of sp³-hybridized carbons (Fsp3) is 0.381. The first-order chi connectivity index (χ1) is 12.1. The van der Waals surface area contributed by atoms with Crippen LogP contribution in [0.25, 0.3) is 11.0 Å². The van der Waals surface area contributed by atoms with Crippen molar-refractivity contribution in [2.45, 2.75) is 46.3 Å². The van der Waals surface area contributed by atoms with Crippen LogP contribution in [-0.4, -0.2) is 9.55 Å². The van der Waals surface area contributed by atoms with Gasteiger partial charge in [0, 0.05) is 24.5 Å². The molecule has 130 valence electrons. The van der Waals surface area contributed by atoms with Gasteiger partial charge in [0.25, 0.3) is 0 Å². The Labute approximate surface area is 147 Å². The second kappa shape index (κ2) is 6.51. The number of nitrogens with zero attached hydrogens (tertiary/aromatic N) is 2. The third kappa shape index (κ3) is 3.01. The normalized spacial score (nSPS) is 14.7. The van der Waals surface area contributed by atoms with Gasteiger partial charge in [-0.15, -0.1) is 0 Å². The van der Waals surface area contributed by atoms with Gasteiger partial charge < -0.3 is 9.30 Å². The van der Waals surface area contributed by atoms with Crippen LogP contribution in [-0.2, 0) is 13.2 Å². The minimum atomic E-state index is -0.226. The van der Waals surface area contributed by atoms with Crippen LogP contribution in [0.3, 0.4) is 0 Å². The Morgan fingerprint density at radius 3 is 2.60 bits per heavy atom. The number of hydrogen-bond donors (Lipinski definition) is 0. The van der Waals surface area contributed by atoms with Gasteiger partial charge in [-0.05, 0) is 55.9 Å². The Bertz CT molecular complexity index is 894. The lowest BCUT2D eigenvalue weighted by atomic mass is 9.85. The molecule has 0 aliphatic heterocycles. The second-order valence-corrected chi connectivity index (χ2v) is 7.04. The lowest BCUT2D eigenvalue weighted by molar-refractivity contribution is 0.275. The number of benzene rings is 1. The van der Waals surface area contributed by atoms with E-state index in [4.69, 9.17) is 4.74 Å². The molecule has 0 atom stereocenters. The molecule has 3 aromatic rings. The van der Waals surface area contributed by atoms with Crippen LogP contribution in [0, 0.1) is 25.6 Å². The van der Waals surface area contributed by atoms with E-state index in [1.807, 2.05) is 12.3 Å². The average Bonchev–Trinajstić information content (AvgIpc) is 2.83. The van der Waals surface area contributed by atoms with Crippen LogP contribution in [0.4, 0.5) is 4.39 Å². The first-order valence-corrected chi connectivity index (χ1v) is 8.95.